The van der Waals surface area contributed by atoms with Gasteiger partial charge in [0.25, 0.3) is 0 Å². The van der Waals surface area contributed by atoms with E-state index in [1.54, 1.807) is 0 Å². The first kappa shape index (κ1) is 13.4. The summed E-state index contributed by atoms with van der Waals surface area (Å²) < 4.78 is 5.56. The van der Waals surface area contributed by atoms with Crippen LogP contribution in [-0.4, -0.2) is 36.5 Å². The average Bonchev–Trinajstić information content (AvgIpc) is 2.39. The Balaban J connectivity index is 1.87. The molecule has 1 aliphatic heterocycles. The molecule has 100 valence electrons. The summed E-state index contributed by atoms with van der Waals surface area (Å²) in [5.41, 5.74) is 0.597. The van der Waals surface area contributed by atoms with Crippen LogP contribution in [0.3, 0.4) is 0 Å². The monoisotopic (exact) mass is 249 g/mol. The molecule has 3 heteroatoms. The zero-order valence-corrected chi connectivity index (χ0v) is 11.3. The van der Waals surface area contributed by atoms with Gasteiger partial charge < -0.3 is 14.7 Å². The Morgan fingerprint density at radius 2 is 1.83 bits per heavy atom. The first-order valence-corrected chi connectivity index (χ1v) is 6.73. The highest BCUT2D eigenvalue weighted by Crippen LogP contribution is 2.26. The molecular formula is C15H23NO2. The number of hydrogen-bond acceptors (Lipinski definition) is 3. The number of benzene rings is 1. The van der Waals surface area contributed by atoms with Crippen LogP contribution in [0.5, 0.6) is 0 Å². The summed E-state index contributed by atoms with van der Waals surface area (Å²) in [5, 5.41) is 10.4. The second kappa shape index (κ2) is 5.72. The summed E-state index contributed by atoms with van der Waals surface area (Å²) >= 11 is 0. The van der Waals surface area contributed by atoms with Crippen LogP contribution in [0.2, 0.25) is 0 Å². The quantitative estimate of drug-likeness (QED) is 0.889. The number of para-hydroxylation sites is 1. The Morgan fingerprint density at radius 3 is 2.39 bits per heavy atom. The molecular weight excluding hydrogens is 226 g/mol. The molecule has 0 saturated carbocycles. The van der Waals surface area contributed by atoms with Crippen molar-refractivity contribution in [1.82, 2.24) is 0 Å². The van der Waals surface area contributed by atoms with Crippen molar-refractivity contribution < 1.29 is 9.84 Å². The van der Waals surface area contributed by atoms with E-state index in [0.717, 1.165) is 25.9 Å². The highest BCUT2D eigenvalue weighted by molar-refractivity contribution is 5.46. The van der Waals surface area contributed by atoms with E-state index in [1.807, 2.05) is 19.9 Å². The maximum absolute atomic E-state index is 10.4. The number of aliphatic hydroxyl groups is 1. The Labute approximate surface area is 109 Å². The van der Waals surface area contributed by atoms with Crippen LogP contribution in [0, 0.1) is 0 Å². The van der Waals surface area contributed by atoms with Crippen molar-refractivity contribution in [1.29, 1.82) is 0 Å². The Kier molecular flexibility index (Phi) is 4.25. The number of rotatable bonds is 4. The van der Waals surface area contributed by atoms with E-state index < -0.39 is 5.60 Å². The molecule has 0 unspecified atom stereocenters. The van der Waals surface area contributed by atoms with Gasteiger partial charge in [0, 0.05) is 18.8 Å². The summed E-state index contributed by atoms with van der Waals surface area (Å²) in [6.45, 7) is 6.24. The van der Waals surface area contributed by atoms with Crippen LogP contribution in [0.1, 0.15) is 26.7 Å². The van der Waals surface area contributed by atoms with Crippen molar-refractivity contribution in [3.63, 3.8) is 0 Å². The molecule has 3 nitrogen and oxygen atoms in total. The fourth-order valence-electron chi connectivity index (χ4n) is 2.29. The Morgan fingerprint density at radius 1 is 1.22 bits per heavy atom. The van der Waals surface area contributed by atoms with Gasteiger partial charge >= 0.3 is 0 Å². The highest BCUT2D eigenvalue weighted by atomic mass is 16.5. The van der Waals surface area contributed by atoms with Gasteiger partial charge in [0.1, 0.15) is 0 Å². The second-order valence-corrected chi connectivity index (χ2v) is 5.41. The molecule has 1 saturated heterocycles. The summed E-state index contributed by atoms with van der Waals surface area (Å²) in [4.78, 5) is 2.32. The van der Waals surface area contributed by atoms with Gasteiger partial charge in [-0.25, -0.2) is 0 Å². The zero-order valence-electron chi connectivity index (χ0n) is 11.3. The van der Waals surface area contributed by atoms with Crippen molar-refractivity contribution in [3.8, 4) is 0 Å². The topological polar surface area (TPSA) is 32.7 Å². The molecule has 1 fully saturated rings. The molecule has 0 radical (unpaired) electrons. The summed E-state index contributed by atoms with van der Waals surface area (Å²) in [6.07, 6.45) is 1.73. The van der Waals surface area contributed by atoms with Gasteiger partial charge in [-0.3, -0.25) is 0 Å². The van der Waals surface area contributed by atoms with Crippen molar-refractivity contribution in [2.45, 2.75) is 38.4 Å². The smallest absolute Gasteiger partial charge is 0.0913 e. The number of nitrogens with zero attached hydrogens (tertiary/aromatic N) is 1. The van der Waals surface area contributed by atoms with E-state index in [0.29, 0.717) is 6.61 Å². The Hall–Kier alpha value is -1.06. The molecule has 0 aromatic heterocycles. The number of anilines is 1. The van der Waals surface area contributed by atoms with Gasteiger partial charge in [-0.2, -0.15) is 0 Å². The minimum Gasteiger partial charge on any atom is -0.387 e. The molecule has 0 aliphatic carbocycles. The summed E-state index contributed by atoms with van der Waals surface area (Å²) in [6, 6.07) is 10.4. The average molecular weight is 249 g/mol. The molecule has 0 spiro atoms. The molecule has 18 heavy (non-hydrogen) atoms. The number of piperidine rings is 1. The van der Waals surface area contributed by atoms with Crippen LogP contribution >= 0.6 is 0 Å². The van der Waals surface area contributed by atoms with Crippen molar-refractivity contribution in [2.75, 3.05) is 24.6 Å². The minimum atomic E-state index is -0.643. The lowest BCUT2D eigenvalue weighted by molar-refractivity contribution is -0.0768. The van der Waals surface area contributed by atoms with E-state index in [4.69, 9.17) is 4.74 Å². The van der Waals surface area contributed by atoms with Gasteiger partial charge in [-0.05, 0) is 38.8 Å². The maximum atomic E-state index is 10.4. The summed E-state index contributed by atoms with van der Waals surface area (Å²) in [5.74, 6) is 0. The van der Waals surface area contributed by atoms with Crippen LogP contribution in [0.4, 0.5) is 5.69 Å². The lowest BCUT2D eigenvalue weighted by Gasteiger charge is -2.39. The third kappa shape index (κ3) is 3.47. The molecule has 0 bridgehead atoms. The van der Waals surface area contributed by atoms with E-state index in [9.17, 15) is 5.11 Å². The van der Waals surface area contributed by atoms with Gasteiger partial charge in [0.2, 0.25) is 0 Å². The van der Waals surface area contributed by atoms with Crippen LogP contribution in [0.25, 0.3) is 0 Å². The first-order chi connectivity index (χ1) is 8.59. The fraction of sp³-hybridized carbons (Fsp3) is 0.600. The molecule has 1 heterocycles. The molecule has 0 atom stereocenters. The van der Waals surface area contributed by atoms with E-state index in [1.165, 1.54) is 5.69 Å². The normalized spacial score (nSPS) is 19.2. The predicted octanol–water partition coefficient (Wildman–Crippen LogP) is 2.44. The molecule has 2 rings (SSSR count). The fourth-order valence-corrected chi connectivity index (χ4v) is 2.29. The third-order valence-electron chi connectivity index (χ3n) is 3.50. The van der Waals surface area contributed by atoms with Crippen molar-refractivity contribution in [2.24, 2.45) is 0 Å². The van der Waals surface area contributed by atoms with E-state index in [2.05, 4.69) is 29.2 Å². The van der Waals surface area contributed by atoms with Crippen LogP contribution in [-0.2, 0) is 4.74 Å². The first-order valence-electron chi connectivity index (χ1n) is 6.73. The second-order valence-electron chi connectivity index (χ2n) is 5.41. The number of ether oxygens (including phenoxy) is 1. The molecule has 0 amide bonds. The van der Waals surface area contributed by atoms with Gasteiger partial charge in [-0.15, -0.1) is 0 Å². The SMILES string of the molecule is CC(C)OCC1(O)CCN(c2ccccc2)CC1. The lowest BCUT2D eigenvalue weighted by Crippen LogP contribution is -2.47. The largest absolute Gasteiger partial charge is 0.387 e. The van der Waals surface area contributed by atoms with Gasteiger partial charge in [-0.1, -0.05) is 18.2 Å². The predicted molar refractivity (Wildman–Crippen MR) is 73.9 cm³/mol. The number of hydrogen-bond donors (Lipinski definition) is 1. The molecule has 1 aromatic carbocycles. The molecule has 1 aliphatic rings. The van der Waals surface area contributed by atoms with Crippen LogP contribution in [0.15, 0.2) is 30.3 Å². The zero-order chi connectivity index (χ0) is 13.0. The standard InChI is InChI=1S/C15H23NO2/c1-13(2)18-12-15(17)8-10-16(11-9-15)14-6-4-3-5-7-14/h3-7,13,17H,8-12H2,1-2H3. The van der Waals surface area contributed by atoms with Gasteiger partial charge in [0.15, 0.2) is 0 Å². The third-order valence-corrected chi connectivity index (χ3v) is 3.50. The van der Waals surface area contributed by atoms with E-state index in [-0.39, 0.29) is 6.10 Å². The highest BCUT2D eigenvalue weighted by Gasteiger charge is 2.32. The minimum absolute atomic E-state index is 0.182. The maximum Gasteiger partial charge on any atom is 0.0913 e. The van der Waals surface area contributed by atoms with E-state index >= 15 is 0 Å². The molecule has 1 aromatic rings. The van der Waals surface area contributed by atoms with Gasteiger partial charge in [0.05, 0.1) is 18.3 Å². The summed E-state index contributed by atoms with van der Waals surface area (Å²) in [7, 11) is 0. The van der Waals surface area contributed by atoms with Crippen molar-refractivity contribution >= 4 is 5.69 Å². The molecule has 1 N–H and O–H groups in total. The Bertz CT molecular complexity index is 356. The lowest BCUT2D eigenvalue weighted by atomic mass is 9.92. The van der Waals surface area contributed by atoms with Crippen molar-refractivity contribution in [3.05, 3.63) is 30.3 Å². The van der Waals surface area contributed by atoms with Crippen LogP contribution < -0.4 is 4.90 Å².